The predicted molar refractivity (Wildman–Crippen MR) is 47.0 cm³/mol. The standard InChI is InChI=1S/C7H8N3Se/c1-8-7(11)10-6-4-2-3-5-9-6/h2-5H,1H3,(H,8,9,10). The Balaban J connectivity index is 2.65. The maximum atomic E-state index is 4.05. The Hall–Kier alpha value is -0.861. The molecule has 0 aliphatic heterocycles. The number of aliphatic imine (C=N–C) groups is 1. The predicted octanol–water partition coefficient (Wildman–Crippen LogP) is 0.648. The fourth-order valence-corrected chi connectivity index (χ4v) is 0.822. The van der Waals surface area contributed by atoms with Gasteiger partial charge < -0.3 is 0 Å². The van der Waals surface area contributed by atoms with Crippen molar-refractivity contribution in [2.45, 2.75) is 0 Å². The number of hydrogen-bond donors (Lipinski definition) is 1. The first kappa shape index (κ1) is 8.24. The van der Waals surface area contributed by atoms with Crippen LogP contribution in [0.15, 0.2) is 29.4 Å². The van der Waals surface area contributed by atoms with Crippen molar-refractivity contribution in [1.82, 2.24) is 4.98 Å². The van der Waals surface area contributed by atoms with Crippen molar-refractivity contribution >= 4 is 26.6 Å². The first-order chi connectivity index (χ1) is 5.33. The van der Waals surface area contributed by atoms with Crippen LogP contribution in [0, 0.1) is 0 Å². The summed E-state index contributed by atoms with van der Waals surface area (Å²) in [6.07, 6.45) is 1.73. The molecule has 1 aromatic rings. The molecule has 0 aliphatic carbocycles. The van der Waals surface area contributed by atoms with Crippen molar-refractivity contribution < 1.29 is 0 Å². The van der Waals surface area contributed by atoms with E-state index in [9.17, 15) is 0 Å². The summed E-state index contributed by atoms with van der Waals surface area (Å²) in [5.74, 6) is 0.798. The zero-order valence-electron chi connectivity index (χ0n) is 6.11. The molecule has 1 aromatic heterocycles. The van der Waals surface area contributed by atoms with E-state index in [1.165, 1.54) is 0 Å². The third-order valence-corrected chi connectivity index (χ3v) is 1.70. The van der Waals surface area contributed by atoms with Crippen LogP contribution in [0.1, 0.15) is 0 Å². The van der Waals surface area contributed by atoms with Crippen molar-refractivity contribution in [3.05, 3.63) is 24.4 Å². The zero-order valence-corrected chi connectivity index (χ0v) is 7.83. The van der Waals surface area contributed by atoms with Crippen LogP contribution in [0.5, 0.6) is 0 Å². The normalized spacial score (nSPS) is 11.2. The van der Waals surface area contributed by atoms with E-state index in [-0.39, 0.29) is 0 Å². The van der Waals surface area contributed by atoms with E-state index in [0.717, 1.165) is 10.6 Å². The second-order valence-corrected chi connectivity index (χ2v) is 2.68. The Morgan fingerprint density at radius 1 is 1.64 bits per heavy atom. The summed E-state index contributed by atoms with van der Waals surface area (Å²) < 4.78 is 0.740. The van der Waals surface area contributed by atoms with Gasteiger partial charge in [-0.2, -0.15) is 0 Å². The monoisotopic (exact) mass is 214 g/mol. The summed E-state index contributed by atoms with van der Waals surface area (Å²) >= 11 is 2.77. The fraction of sp³-hybridized carbons (Fsp3) is 0.143. The van der Waals surface area contributed by atoms with E-state index in [1.807, 2.05) is 18.2 Å². The third kappa shape index (κ3) is 2.70. The molecule has 1 N–H and O–H groups in total. The van der Waals surface area contributed by atoms with Crippen molar-refractivity contribution in [1.29, 1.82) is 0 Å². The summed E-state index contributed by atoms with van der Waals surface area (Å²) in [4.78, 5) is 7.95. The average molecular weight is 213 g/mol. The summed E-state index contributed by atoms with van der Waals surface area (Å²) in [5, 5.41) is 2.97. The molecule has 1 radical (unpaired) electrons. The van der Waals surface area contributed by atoms with Gasteiger partial charge in [0.05, 0.1) is 0 Å². The van der Waals surface area contributed by atoms with E-state index in [0.29, 0.717) is 0 Å². The molecule has 0 amide bonds. The molecule has 0 aromatic carbocycles. The molecule has 0 unspecified atom stereocenters. The number of anilines is 1. The van der Waals surface area contributed by atoms with Gasteiger partial charge in [-0.05, 0) is 0 Å². The average Bonchev–Trinajstić information content (AvgIpc) is 2.06. The Morgan fingerprint density at radius 3 is 3.00 bits per heavy atom. The van der Waals surface area contributed by atoms with Crippen molar-refractivity contribution in [2.75, 3.05) is 12.4 Å². The molecular formula is C7H8N3Se. The Bertz CT molecular complexity index is 245. The molecule has 57 valence electrons. The minimum atomic E-state index is 0.740. The number of aromatic nitrogens is 1. The van der Waals surface area contributed by atoms with Crippen LogP contribution in [-0.4, -0.2) is 32.8 Å². The summed E-state index contributed by atoms with van der Waals surface area (Å²) in [7, 11) is 1.71. The topological polar surface area (TPSA) is 37.3 Å². The number of nitrogens with zero attached hydrogens (tertiary/aromatic N) is 2. The van der Waals surface area contributed by atoms with Gasteiger partial charge in [-0.3, -0.25) is 0 Å². The molecule has 1 rings (SSSR count). The van der Waals surface area contributed by atoms with Crippen molar-refractivity contribution in [3.63, 3.8) is 0 Å². The molecule has 0 saturated heterocycles. The van der Waals surface area contributed by atoms with Gasteiger partial charge in [0.15, 0.2) is 0 Å². The van der Waals surface area contributed by atoms with E-state index in [2.05, 4.69) is 31.3 Å². The first-order valence-electron chi connectivity index (χ1n) is 3.15. The Morgan fingerprint density at radius 2 is 2.45 bits per heavy atom. The molecule has 4 heteroatoms. The molecule has 0 saturated carbocycles. The van der Waals surface area contributed by atoms with Crippen LogP contribution in [0.4, 0.5) is 5.82 Å². The second-order valence-electron chi connectivity index (χ2n) is 1.87. The van der Waals surface area contributed by atoms with Crippen molar-refractivity contribution in [3.8, 4) is 0 Å². The number of hydrogen-bond acceptors (Lipinski definition) is 2. The number of rotatable bonds is 1. The molecule has 0 fully saturated rings. The first-order valence-corrected chi connectivity index (χ1v) is 4.00. The van der Waals surface area contributed by atoms with Gasteiger partial charge in [-0.25, -0.2) is 0 Å². The molecule has 1 heterocycles. The summed E-state index contributed by atoms with van der Waals surface area (Å²) in [5.41, 5.74) is 0. The molecular weight excluding hydrogens is 205 g/mol. The molecule has 0 atom stereocenters. The van der Waals surface area contributed by atoms with Gasteiger partial charge in [0.1, 0.15) is 0 Å². The SMILES string of the molecule is CN=C([Se])Nc1ccccn1. The molecule has 0 bridgehead atoms. The summed E-state index contributed by atoms with van der Waals surface area (Å²) in [6.45, 7) is 0. The van der Waals surface area contributed by atoms with Gasteiger partial charge in [-0.15, -0.1) is 0 Å². The second kappa shape index (κ2) is 4.11. The van der Waals surface area contributed by atoms with Crippen molar-refractivity contribution in [2.24, 2.45) is 4.99 Å². The van der Waals surface area contributed by atoms with E-state index in [4.69, 9.17) is 0 Å². The number of nitrogens with one attached hydrogen (secondary N) is 1. The minimum absolute atomic E-state index is 0.740. The van der Waals surface area contributed by atoms with Gasteiger partial charge in [-0.1, -0.05) is 0 Å². The maximum absolute atomic E-state index is 4.05. The van der Waals surface area contributed by atoms with Crippen LogP contribution >= 0.6 is 0 Å². The van der Waals surface area contributed by atoms with Crippen LogP contribution in [0.2, 0.25) is 0 Å². The Kier molecular flexibility index (Phi) is 3.08. The zero-order chi connectivity index (χ0) is 8.10. The Labute approximate surface area is 73.8 Å². The van der Waals surface area contributed by atoms with E-state index < -0.39 is 0 Å². The van der Waals surface area contributed by atoms with Gasteiger partial charge >= 0.3 is 73.3 Å². The number of amidine groups is 1. The molecule has 0 aliphatic rings. The van der Waals surface area contributed by atoms with E-state index in [1.54, 1.807) is 13.2 Å². The van der Waals surface area contributed by atoms with Gasteiger partial charge in [0, 0.05) is 0 Å². The van der Waals surface area contributed by atoms with Crippen LogP contribution < -0.4 is 5.32 Å². The van der Waals surface area contributed by atoms with Gasteiger partial charge in [0.25, 0.3) is 0 Å². The van der Waals surface area contributed by atoms with Crippen LogP contribution in [0.3, 0.4) is 0 Å². The summed E-state index contributed by atoms with van der Waals surface area (Å²) in [6, 6.07) is 5.66. The third-order valence-electron chi connectivity index (χ3n) is 1.10. The van der Waals surface area contributed by atoms with Gasteiger partial charge in [0.2, 0.25) is 0 Å². The van der Waals surface area contributed by atoms with E-state index >= 15 is 0 Å². The fourth-order valence-electron chi connectivity index (χ4n) is 0.602. The number of pyridine rings is 1. The van der Waals surface area contributed by atoms with Crippen LogP contribution in [0.25, 0.3) is 0 Å². The van der Waals surface area contributed by atoms with Crippen LogP contribution in [-0.2, 0) is 0 Å². The molecule has 11 heavy (non-hydrogen) atoms. The molecule has 3 nitrogen and oxygen atoms in total. The molecule has 0 spiro atoms. The quantitative estimate of drug-likeness (QED) is 0.422.